The predicted octanol–water partition coefficient (Wildman–Crippen LogP) is 3.83. The van der Waals surface area contributed by atoms with E-state index in [0.717, 1.165) is 16.3 Å². The van der Waals surface area contributed by atoms with Crippen molar-refractivity contribution in [2.24, 2.45) is 0 Å². The van der Waals surface area contributed by atoms with Crippen LogP contribution < -0.4 is 0 Å². The molecule has 9 heteroatoms. The van der Waals surface area contributed by atoms with Crippen molar-refractivity contribution in [1.82, 2.24) is 4.98 Å². The van der Waals surface area contributed by atoms with Crippen molar-refractivity contribution in [2.75, 3.05) is 0 Å². The summed E-state index contributed by atoms with van der Waals surface area (Å²) in [7, 11) is -8.33. The molecule has 1 heterocycles. The Balaban J connectivity index is 1.93. The molecule has 0 bridgehead atoms. The van der Waals surface area contributed by atoms with Gasteiger partial charge in [-0.2, -0.15) is 16.8 Å². The Bertz CT molecular complexity index is 1480. The molecule has 30 heavy (non-hydrogen) atoms. The van der Waals surface area contributed by atoms with Crippen molar-refractivity contribution in [3.05, 3.63) is 77.9 Å². The minimum absolute atomic E-state index is 0.423. The number of para-hydroxylation sites is 1. The third kappa shape index (κ3) is 4.49. The Morgan fingerprint density at radius 1 is 0.667 bits per heavy atom. The van der Waals surface area contributed by atoms with Crippen molar-refractivity contribution in [3.8, 4) is 11.3 Å². The average molecular weight is 444 g/mol. The smallest absolute Gasteiger partial charge is 0.269 e. The summed E-state index contributed by atoms with van der Waals surface area (Å²) < 4.78 is 63.1. The molecule has 0 saturated heterocycles. The highest BCUT2D eigenvalue weighted by atomic mass is 32.2. The van der Waals surface area contributed by atoms with Crippen LogP contribution in [0.3, 0.4) is 0 Å². The molecule has 1 aromatic heterocycles. The van der Waals surface area contributed by atoms with E-state index in [-0.39, 0.29) is 0 Å². The zero-order valence-electron chi connectivity index (χ0n) is 15.6. The lowest BCUT2D eigenvalue weighted by Crippen LogP contribution is -2.02. The van der Waals surface area contributed by atoms with Gasteiger partial charge in [0.05, 0.1) is 11.2 Å². The van der Waals surface area contributed by atoms with E-state index in [2.05, 4.69) is 0 Å². The SMILES string of the molecule is O=S(=O)(O)Cc1ccc(-c2nc3ccccc3c3ccc(CS(=O)(=O)O)cc23)cc1. The molecule has 2 N–H and O–H groups in total. The number of benzene rings is 3. The summed E-state index contributed by atoms with van der Waals surface area (Å²) in [5, 5.41) is 2.48. The standard InChI is InChI=1S/C21H17NO6S2/c23-29(24,25)12-14-5-8-16(9-6-14)21-19-11-15(13-30(26,27)28)7-10-17(19)18-3-1-2-4-20(18)22-21/h1-11H,12-13H2,(H,23,24,25)(H,26,27,28). The van der Waals surface area contributed by atoms with Crippen LogP contribution in [0.1, 0.15) is 11.1 Å². The first-order valence-electron chi connectivity index (χ1n) is 8.90. The lowest BCUT2D eigenvalue weighted by atomic mass is 9.98. The van der Waals surface area contributed by atoms with Crippen LogP contribution in [0.25, 0.3) is 32.9 Å². The van der Waals surface area contributed by atoms with Crippen LogP contribution in [0.2, 0.25) is 0 Å². The summed E-state index contributed by atoms with van der Waals surface area (Å²) in [4.78, 5) is 4.74. The van der Waals surface area contributed by atoms with Gasteiger partial charge in [-0.05, 0) is 28.6 Å². The maximum absolute atomic E-state index is 11.3. The third-order valence-corrected chi connectivity index (χ3v) is 6.09. The summed E-state index contributed by atoms with van der Waals surface area (Å²) in [5.41, 5.74) is 2.91. The summed E-state index contributed by atoms with van der Waals surface area (Å²) in [6, 6.07) is 19.3. The maximum atomic E-state index is 11.3. The number of fused-ring (bicyclic) bond motifs is 3. The molecular formula is C21H17NO6S2. The molecule has 0 amide bonds. The highest BCUT2D eigenvalue weighted by Crippen LogP contribution is 2.33. The van der Waals surface area contributed by atoms with Crippen LogP contribution in [0, 0.1) is 0 Å². The largest absolute Gasteiger partial charge is 0.285 e. The molecule has 7 nitrogen and oxygen atoms in total. The first kappa shape index (κ1) is 20.4. The van der Waals surface area contributed by atoms with E-state index in [1.165, 1.54) is 0 Å². The van der Waals surface area contributed by atoms with Crippen LogP contribution in [0.15, 0.2) is 66.7 Å². The summed E-state index contributed by atoms with van der Waals surface area (Å²) >= 11 is 0. The number of nitrogens with zero attached hydrogens (tertiary/aromatic N) is 1. The Morgan fingerprint density at radius 3 is 1.93 bits per heavy atom. The zero-order valence-corrected chi connectivity index (χ0v) is 17.2. The summed E-state index contributed by atoms with van der Waals surface area (Å²) in [6.07, 6.45) is 0. The van der Waals surface area contributed by atoms with Gasteiger partial charge in [0.15, 0.2) is 0 Å². The van der Waals surface area contributed by atoms with Crippen molar-refractivity contribution in [1.29, 1.82) is 0 Å². The molecule has 0 aliphatic heterocycles. The minimum Gasteiger partial charge on any atom is -0.285 e. The molecular weight excluding hydrogens is 426 g/mol. The highest BCUT2D eigenvalue weighted by molar-refractivity contribution is 7.85. The van der Waals surface area contributed by atoms with Gasteiger partial charge >= 0.3 is 0 Å². The topological polar surface area (TPSA) is 122 Å². The van der Waals surface area contributed by atoms with Crippen molar-refractivity contribution in [2.45, 2.75) is 11.5 Å². The molecule has 4 rings (SSSR count). The second-order valence-corrected chi connectivity index (χ2v) is 9.91. The molecule has 0 radical (unpaired) electrons. The Kier molecular flexibility index (Phi) is 5.07. The first-order valence-corrected chi connectivity index (χ1v) is 12.1. The van der Waals surface area contributed by atoms with E-state index >= 15 is 0 Å². The van der Waals surface area contributed by atoms with E-state index < -0.39 is 31.7 Å². The fourth-order valence-electron chi connectivity index (χ4n) is 3.49. The fourth-order valence-corrected chi connectivity index (χ4v) is 4.71. The molecule has 3 aromatic carbocycles. The molecule has 0 atom stereocenters. The van der Waals surface area contributed by atoms with Gasteiger partial charge in [-0.3, -0.25) is 9.11 Å². The monoisotopic (exact) mass is 443 g/mol. The third-order valence-electron chi connectivity index (χ3n) is 4.69. The maximum Gasteiger partial charge on any atom is 0.269 e. The number of hydrogen-bond donors (Lipinski definition) is 2. The molecule has 0 aliphatic carbocycles. The normalized spacial score (nSPS) is 12.5. The lowest BCUT2D eigenvalue weighted by molar-refractivity contribution is 0.479. The number of pyridine rings is 1. The van der Waals surface area contributed by atoms with Gasteiger partial charge in [-0.15, -0.1) is 0 Å². The summed E-state index contributed by atoms with van der Waals surface area (Å²) in [5.74, 6) is -1.000. The average Bonchev–Trinajstić information content (AvgIpc) is 2.65. The first-order chi connectivity index (χ1) is 14.1. The second kappa shape index (κ2) is 7.44. The van der Waals surface area contributed by atoms with Gasteiger partial charge in [-0.1, -0.05) is 54.6 Å². The van der Waals surface area contributed by atoms with Gasteiger partial charge < -0.3 is 0 Å². The van der Waals surface area contributed by atoms with Crippen LogP contribution in [-0.2, 0) is 31.7 Å². The molecule has 4 aromatic rings. The van der Waals surface area contributed by atoms with Crippen LogP contribution in [-0.4, -0.2) is 30.9 Å². The molecule has 0 fully saturated rings. The number of hydrogen-bond acceptors (Lipinski definition) is 5. The van der Waals surface area contributed by atoms with E-state index in [0.29, 0.717) is 27.8 Å². The predicted molar refractivity (Wildman–Crippen MR) is 115 cm³/mol. The van der Waals surface area contributed by atoms with E-state index in [1.807, 2.05) is 24.3 Å². The molecule has 0 saturated carbocycles. The van der Waals surface area contributed by atoms with Gasteiger partial charge in [-0.25, -0.2) is 4.98 Å². The molecule has 0 aliphatic rings. The molecule has 0 unspecified atom stereocenters. The Labute approximate surface area is 173 Å². The Hall–Kier alpha value is -2.85. The number of rotatable bonds is 5. The minimum atomic E-state index is -4.19. The van der Waals surface area contributed by atoms with Gasteiger partial charge in [0.25, 0.3) is 20.2 Å². The van der Waals surface area contributed by atoms with Crippen molar-refractivity contribution >= 4 is 41.9 Å². The van der Waals surface area contributed by atoms with Crippen LogP contribution in [0.4, 0.5) is 0 Å². The fraction of sp³-hybridized carbons (Fsp3) is 0.0952. The van der Waals surface area contributed by atoms with Crippen LogP contribution >= 0.6 is 0 Å². The molecule has 154 valence electrons. The highest BCUT2D eigenvalue weighted by Gasteiger charge is 2.14. The van der Waals surface area contributed by atoms with Gasteiger partial charge in [0, 0.05) is 16.3 Å². The second-order valence-electron chi connectivity index (χ2n) is 7.01. The molecule has 0 spiro atoms. The van der Waals surface area contributed by atoms with Crippen molar-refractivity contribution < 1.29 is 25.9 Å². The van der Waals surface area contributed by atoms with Crippen molar-refractivity contribution in [3.63, 3.8) is 0 Å². The van der Waals surface area contributed by atoms with E-state index in [9.17, 15) is 21.4 Å². The Morgan fingerprint density at radius 2 is 1.27 bits per heavy atom. The van der Waals surface area contributed by atoms with Gasteiger partial charge in [0.1, 0.15) is 11.5 Å². The lowest BCUT2D eigenvalue weighted by Gasteiger charge is -2.12. The van der Waals surface area contributed by atoms with E-state index in [1.54, 1.807) is 42.5 Å². The van der Waals surface area contributed by atoms with Crippen LogP contribution in [0.5, 0.6) is 0 Å². The quantitative estimate of drug-likeness (QED) is 0.355. The zero-order chi connectivity index (χ0) is 21.5. The summed E-state index contributed by atoms with van der Waals surface area (Å²) in [6.45, 7) is 0. The van der Waals surface area contributed by atoms with Gasteiger partial charge in [0.2, 0.25) is 0 Å². The van der Waals surface area contributed by atoms with E-state index in [4.69, 9.17) is 9.54 Å². The number of aromatic nitrogens is 1.